The number of carbonyl (C=O) groups is 1. The van der Waals surface area contributed by atoms with E-state index in [0.717, 1.165) is 17.4 Å². The van der Waals surface area contributed by atoms with Gasteiger partial charge in [-0.15, -0.1) is 11.3 Å². The number of carbonyl (C=O) groups excluding carboxylic acids is 1. The first-order valence-corrected chi connectivity index (χ1v) is 11.6. The van der Waals surface area contributed by atoms with Crippen LogP contribution in [0.2, 0.25) is 0 Å². The lowest BCUT2D eigenvalue weighted by molar-refractivity contribution is -0.122. The molecule has 0 unspecified atom stereocenters. The van der Waals surface area contributed by atoms with E-state index in [-0.39, 0.29) is 18.5 Å². The molecule has 1 atom stereocenters. The number of aryl methyl sites for hydroxylation is 2. The molecule has 0 radical (unpaired) electrons. The highest BCUT2D eigenvalue weighted by Crippen LogP contribution is 2.18. The zero-order chi connectivity index (χ0) is 23.5. The molecule has 1 amide bonds. The van der Waals surface area contributed by atoms with Crippen molar-refractivity contribution >= 4 is 27.5 Å². The molecule has 1 N–H and O–H groups in total. The highest BCUT2D eigenvalue weighted by molar-refractivity contribution is 7.17. The maximum Gasteiger partial charge on any atom is 0.336 e. The molecule has 8 heteroatoms. The van der Waals surface area contributed by atoms with Crippen LogP contribution < -0.4 is 16.6 Å². The Morgan fingerprint density at radius 2 is 1.88 bits per heavy atom. The van der Waals surface area contributed by atoms with Gasteiger partial charge in [0, 0.05) is 6.04 Å². The maximum absolute atomic E-state index is 13.6. The Balaban J connectivity index is 1.61. The predicted octanol–water partition coefficient (Wildman–Crippen LogP) is 3.80. The van der Waals surface area contributed by atoms with Crippen LogP contribution in [0.15, 0.2) is 69.6 Å². The number of rotatable bonds is 7. The first kappa shape index (κ1) is 22.7. The summed E-state index contributed by atoms with van der Waals surface area (Å²) in [6.45, 7) is 3.34. The van der Waals surface area contributed by atoms with Crippen LogP contribution in [-0.2, 0) is 17.8 Å². The highest BCUT2D eigenvalue weighted by Gasteiger charge is 2.19. The number of amides is 1. The van der Waals surface area contributed by atoms with Gasteiger partial charge in [-0.1, -0.05) is 30.3 Å². The van der Waals surface area contributed by atoms with E-state index in [1.54, 1.807) is 18.4 Å². The van der Waals surface area contributed by atoms with Gasteiger partial charge in [0.15, 0.2) is 0 Å². The van der Waals surface area contributed by atoms with Crippen LogP contribution >= 0.6 is 11.3 Å². The number of nitrogens with one attached hydrogen (secondary N) is 1. The largest absolute Gasteiger partial charge is 0.352 e. The smallest absolute Gasteiger partial charge is 0.336 e. The van der Waals surface area contributed by atoms with Gasteiger partial charge in [0.05, 0.1) is 11.2 Å². The second-order valence-electron chi connectivity index (χ2n) is 8.07. The first-order chi connectivity index (χ1) is 15.8. The van der Waals surface area contributed by atoms with Gasteiger partial charge in [-0.25, -0.2) is 13.8 Å². The van der Waals surface area contributed by atoms with Gasteiger partial charge in [0.25, 0.3) is 5.56 Å². The van der Waals surface area contributed by atoms with Crippen molar-refractivity contribution in [1.29, 1.82) is 0 Å². The van der Waals surface area contributed by atoms with E-state index in [9.17, 15) is 18.8 Å². The molecule has 0 fully saturated rings. The lowest BCUT2D eigenvalue weighted by Gasteiger charge is -2.16. The Morgan fingerprint density at radius 3 is 2.61 bits per heavy atom. The quantitative estimate of drug-likeness (QED) is 0.451. The van der Waals surface area contributed by atoms with E-state index in [0.29, 0.717) is 21.5 Å². The molecule has 0 bridgehead atoms. The van der Waals surface area contributed by atoms with E-state index in [1.165, 1.54) is 39.7 Å². The van der Waals surface area contributed by atoms with E-state index < -0.39 is 17.1 Å². The highest BCUT2D eigenvalue weighted by atomic mass is 32.1. The molecule has 0 spiro atoms. The summed E-state index contributed by atoms with van der Waals surface area (Å²) >= 11 is 1.20. The van der Waals surface area contributed by atoms with E-state index in [2.05, 4.69) is 5.32 Å². The zero-order valence-electron chi connectivity index (χ0n) is 18.4. The van der Waals surface area contributed by atoms with Crippen molar-refractivity contribution in [1.82, 2.24) is 14.5 Å². The third-order valence-electron chi connectivity index (χ3n) is 5.57. The molecule has 6 nitrogen and oxygen atoms in total. The number of halogens is 1. The molecule has 0 saturated heterocycles. The fourth-order valence-electron chi connectivity index (χ4n) is 3.89. The van der Waals surface area contributed by atoms with Crippen molar-refractivity contribution in [3.05, 3.63) is 97.8 Å². The summed E-state index contributed by atoms with van der Waals surface area (Å²) in [4.78, 5) is 39.2. The molecule has 33 heavy (non-hydrogen) atoms. The fourth-order valence-corrected chi connectivity index (χ4v) is 4.71. The summed E-state index contributed by atoms with van der Waals surface area (Å²) in [6.07, 6.45) is 1.58. The molecule has 0 aliphatic carbocycles. The summed E-state index contributed by atoms with van der Waals surface area (Å²) in [5.74, 6) is -0.767. The predicted molar refractivity (Wildman–Crippen MR) is 129 cm³/mol. The topological polar surface area (TPSA) is 73.1 Å². The number of aromatic nitrogens is 2. The first-order valence-electron chi connectivity index (χ1n) is 10.7. The summed E-state index contributed by atoms with van der Waals surface area (Å²) in [5, 5.41) is 4.66. The van der Waals surface area contributed by atoms with Gasteiger partial charge in [0.1, 0.15) is 17.1 Å². The average molecular weight is 466 g/mol. The van der Waals surface area contributed by atoms with Gasteiger partial charge < -0.3 is 5.32 Å². The molecule has 2 heterocycles. The lowest BCUT2D eigenvalue weighted by atomic mass is 10.1. The molecule has 170 valence electrons. The van der Waals surface area contributed by atoms with Gasteiger partial charge in [-0.3, -0.25) is 14.2 Å². The molecular weight excluding hydrogens is 441 g/mol. The molecule has 0 aliphatic rings. The fraction of sp³-hybridized carbons (Fsp3) is 0.240. The third-order valence-corrected chi connectivity index (χ3v) is 6.46. The van der Waals surface area contributed by atoms with Gasteiger partial charge in [-0.05, 0) is 67.5 Å². The van der Waals surface area contributed by atoms with Crippen LogP contribution in [0.1, 0.15) is 24.5 Å². The minimum atomic E-state index is -0.632. The lowest BCUT2D eigenvalue weighted by Crippen LogP contribution is -2.43. The Bertz CT molecular complexity index is 1420. The van der Waals surface area contributed by atoms with Crippen LogP contribution in [-0.4, -0.2) is 21.1 Å². The van der Waals surface area contributed by atoms with E-state index in [4.69, 9.17) is 0 Å². The minimum absolute atomic E-state index is 0.0865. The monoisotopic (exact) mass is 465 g/mol. The summed E-state index contributed by atoms with van der Waals surface area (Å²) in [5.41, 5.74) is 1.25. The second kappa shape index (κ2) is 9.54. The van der Waals surface area contributed by atoms with Crippen molar-refractivity contribution in [2.75, 3.05) is 0 Å². The number of thiophene rings is 1. The van der Waals surface area contributed by atoms with Crippen molar-refractivity contribution in [3.8, 4) is 5.69 Å². The molecule has 0 saturated carbocycles. The Morgan fingerprint density at radius 1 is 1.12 bits per heavy atom. The zero-order valence-corrected chi connectivity index (χ0v) is 19.2. The molecule has 4 rings (SSSR count). The molecule has 2 aromatic carbocycles. The average Bonchev–Trinajstić information content (AvgIpc) is 3.27. The Hall–Kier alpha value is -3.52. The molecular formula is C25H24FN3O3S. The maximum atomic E-state index is 13.6. The standard InChI is InChI=1S/C25H24FN3O3S/c1-16-14-19(26)10-11-20(16)29-24(31)23-21(12-13-33-23)28(25(29)32)15-22(30)27-17(2)8-9-18-6-4-3-5-7-18/h3-7,10-14,17H,8-9,15H2,1-2H3,(H,27,30)/t17-/m0/s1. The Kier molecular flexibility index (Phi) is 6.55. The second-order valence-corrected chi connectivity index (χ2v) is 8.98. The summed E-state index contributed by atoms with van der Waals surface area (Å²) in [6, 6.07) is 15.5. The van der Waals surface area contributed by atoms with Crippen molar-refractivity contribution in [3.63, 3.8) is 0 Å². The van der Waals surface area contributed by atoms with Crippen molar-refractivity contribution < 1.29 is 9.18 Å². The molecule has 0 aliphatic heterocycles. The summed E-state index contributed by atoms with van der Waals surface area (Å²) < 4.78 is 16.3. The van der Waals surface area contributed by atoms with Crippen LogP contribution in [0.3, 0.4) is 0 Å². The molecule has 4 aromatic rings. The number of hydrogen-bond donors (Lipinski definition) is 1. The van der Waals surface area contributed by atoms with Gasteiger partial charge in [-0.2, -0.15) is 0 Å². The number of nitrogens with zero attached hydrogens (tertiary/aromatic N) is 2. The van der Waals surface area contributed by atoms with Gasteiger partial charge in [0.2, 0.25) is 5.91 Å². The van der Waals surface area contributed by atoms with Crippen LogP contribution in [0.25, 0.3) is 15.9 Å². The molecule has 2 aromatic heterocycles. The van der Waals surface area contributed by atoms with Crippen LogP contribution in [0, 0.1) is 12.7 Å². The van der Waals surface area contributed by atoms with Crippen LogP contribution in [0.5, 0.6) is 0 Å². The summed E-state index contributed by atoms with van der Waals surface area (Å²) in [7, 11) is 0. The van der Waals surface area contributed by atoms with E-state index in [1.807, 2.05) is 37.3 Å². The van der Waals surface area contributed by atoms with Crippen LogP contribution in [0.4, 0.5) is 4.39 Å². The van der Waals surface area contributed by atoms with Gasteiger partial charge >= 0.3 is 5.69 Å². The Labute approximate surface area is 193 Å². The SMILES string of the molecule is Cc1cc(F)ccc1-n1c(=O)c2sccc2n(CC(=O)N[C@@H](C)CCc2ccccc2)c1=O. The van der Waals surface area contributed by atoms with Crippen molar-refractivity contribution in [2.45, 2.75) is 39.3 Å². The van der Waals surface area contributed by atoms with E-state index >= 15 is 0 Å². The number of fused-ring (bicyclic) bond motifs is 1. The minimum Gasteiger partial charge on any atom is -0.352 e. The number of hydrogen-bond acceptors (Lipinski definition) is 4. The number of benzene rings is 2. The third kappa shape index (κ3) is 4.80. The normalized spacial score (nSPS) is 12.1. The van der Waals surface area contributed by atoms with Crippen molar-refractivity contribution in [2.24, 2.45) is 0 Å².